The molecule has 3 saturated heterocycles. The summed E-state index contributed by atoms with van der Waals surface area (Å²) in [6.07, 6.45) is 4.40. The van der Waals surface area contributed by atoms with Crippen LogP contribution in [0.15, 0.2) is 30.3 Å². The molecular weight excluding hydrogens is 518 g/mol. The molecule has 1 atom stereocenters. The topological polar surface area (TPSA) is 97.3 Å². The van der Waals surface area contributed by atoms with Gasteiger partial charge in [-0.1, -0.05) is 12.1 Å². The number of aromatic nitrogens is 2. The number of phenols is 1. The zero-order valence-electron chi connectivity index (χ0n) is 24.8. The number of amides is 1. The predicted octanol–water partition coefficient (Wildman–Crippen LogP) is 3.88. The van der Waals surface area contributed by atoms with E-state index in [1.807, 2.05) is 43.9 Å². The highest BCUT2D eigenvalue weighted by atomic mass is 16.6. The monoisotopic (exact) mass is 563 g/mol. The Labute approximate surface area is 243 Å². The summed E-state index contributed by atoms with van der Waals surface area (Å²) in [6, 6.07) is 10.4. The van der Waals surface area contributed by atoms with Gasteiger partial charge in [-0.3, -0.25) is 4.90 Å². The lowest BCUT2D eigenvalue weighted by Gasteiger charge is -2.47. The molecule has 41 heavy (non-hydrogen) atoms. The van der Waals surface area contributed by atoms with E-state index in [-0.39, 0.29) is 11.8 Å². The van der Waals surface area contributed by atoms with Gasteiger partial charge in [-0.25, -0.2) is 4.79 Å². The minimum absolute atomic E-state index is 0.171. The van der Waals surface area contributed by atoms with E-state index >= 15 is 0 Å². The second-order valence-corrected chi connectivity index (χ2v) is 13.1. The average molecular weight is 564 g/mol. The second kappa shape index (κ2) is 11.6. The van der Waals surface area contributed by atoms with Crippen molar-refractivity contribution in [1.82, 2.24) is 24.9 Å². The van der Waals surface area contributed by atoms with Crippen molar-refractivity contribution in [3.63, 3.8) is 0 Å². The number of piperidine rings is 2. The number of nitrogens with zero attached hydrogens (tertiary/aromatic N) is 6. The minimum Gasteiger partial charge on any atom is -0.507 e. The Balaban J connectivity index is 0.977. The summed E-state index contributed by atoms with van der Waals surface area (Å²) in [5, 5.41) is 22.7. The van der Waals surface area contributed by atoms with E-state index in [4.69, 9.17) is 4.74 Å². The van der Waals surface area contributed by atoms with E-state index in [1.165, 1.54) is 19.4 Å². The predicted molar refractivity (Wildman–Crippen MR) is 160 cm³/mol. The fourth-order valence-corrected chi connectivity index (χ4v) is 6.95. The van der Waals surface area contributed by atoms with Gasteiger partial charge < -0.3 is 29.9 Å². The van der Waals surface area contributed by atoms with Crippen LogP contribution in [0.4, 0.5) is 16.3 Å². The molecule has 6 rings (SSSR count). The quantitative estimate of drug-likeness (QED) is 0.575. The fourth-order valence-electron chi connectivity index (χ4n) is 6.95. The smallest absolute Gasteiger partial charge is 0.410 e. The van der Waals surface area contributed by atoms with Gasteiger partial charge in [-0.2, -0.15) is 0 Å². The van der Waals surface area contributed by atoms with Crippen LogP contribution in [0.2, 0.25) is 0 Å². The van der Waals surface area contributed by atoms with E-state index in [2.05, 4.69) is 36.3 Å². The number of ether oxygens (including phenoxy) is 1. The summed E-state index contributed by atoms with van der Waals surface area (Å²) in [6.45, 7) is 14.8. The number of hydrogen-bond acceptors (Lipinski definition) is 9. The number of piperazine rings is 1. The van der Waals surface area contributed by atoms with Gasteiger partial charge in [0, 0.05) is 57.4 Å². The summed E-state index contributed by atoms with van der Waals surface area (Å²) in [4.78, 5) is 22.1. The lowest BCUT2D eigenvalue weighted by Crippen LogP contribution is -2.58. The molecule has 1 aromatic heterocycles. The largest absolute Gasteiger partial charge is 0.507 e. The molecule has 222 valence electrons. The Bertz CT molecular complexity index is 1220. The van der Waals surface area contributed by atoms with Crippen molar-refractivity contribution >= 4 is 17.6 Å². The number of aromatic hydroxyl groups is 1. The number of rotatable bonds is 4. The van der Waals surface area contributed by atoms with Gasteiger partial charge in [-0.05, 0) is 83.7 Å². The normalized spacial score (nSPS) is 23.0. The Morgan fingerprint density at radius 3 is 2.49 bits per heavy atom. The molecule has 3 fully saturated rings. The third kappa shape index (κ3) is 6.38. The third-order valence-electron chi connectivity index (χ3n) is 9.13. The lowest BCUT2D eigenvalue weighted by atomic mass is 9.92. The fraction of sp³-hybridized carbons (Fsp3) is 0.645. The van der Waals surface area contributed by atoms with Crippen molar-refractivity contribution in [2.24, 2.45) is 5.92 Å². The van der Waals surface area contributed by atoms with Crippen molar-refractivity contribution in [2.45, 2.75) is 64.1 Å². The summed E-state index contributed by atoms with van der Waals surface area (Å²) in [5.74, 6) is 1.80. The number of anilines is 2. The number of carbonyl (C=O) groups is 1. The van der Waals surface area contributed by atoms with Gasteiger partial charge in [0.25, 0.3) is 0 Å². The highest BCUT2D eigenvalue weighted by molar-refractivity contribution is 5.76. The van der Waals surface area contributed by atoms with E-state index in [9.17, 15) is 9.90 Å². The molecular formula is C31H45N7O3. The molecule has 2 aromatic rings. The summed E-state index contributed by atoms with van der Waals surface area (Å²) >= 11 is 0. The maximum Gasteiger partial charge on any atom is 0.410 e. The van der Waals surface area contributed by atoms with Crippen molar-refractivity contribution in [3.05, 3.63) is 30.3 Å². The van der Waals surface area contributed by atoms with Crippen LogP contribution in [0.3, 0.4) is 0 Å². The number of phenolic OH excluding ortho intramolecular Hbond substituents is 1. The van der Waals surface area contributed by atoms with Gasteiger partial charge in [0.2, 0.25) is 0 Å². The molecule has 10 heteroatoms. The molecule has 1 aromatic carbocycles. The molecule has 0 unspecified atom stereocenters. The van der Waals surface area contributed by atoms with Gasteiger partial charge in [0.05, 0.1) is 17.4 Å². The van der Waals surface area contributed by atoms with Crippen molar-refractivity contribution in [3.8, 4) is 17.0 Å². The minimum atomic E-state index is -0.439. The van der Waals surface area contributed by atoms with Crippen LogP contribution >= 0.6 is 0 Å². The van der Waals surface area contributed by atoms with Crippen LogP contribution in [-0.4, -0.2) is 113 Å². The van der Waals surface area contributed by atoms with Crippen molar-refractivity contribution in [1.29, 1.82) is 0 Å². The van der Waals surface area contributed by atoms with Crippen molar-refractivity contribution < 1.29 is 14.6 Å². The first-order valence-electron chi connectivity index (χ1n) is 15.3. The molecule has 0 spiro atoms. The molecule has 10 nitrogen and oxygen atoms in total. The van der Waals surface area contributed by atoms with Crippen LogP contribution in [0.5, 0.6) is 5.75 Å². The maximum absolute atomic E-state index is 12.4. The number of para-hydroxylation sites is 1. The van der Waals surface area contributed by atoms with Crippen LogP contribution in [0, 0.1) is 5.92 Å². The number of likely N-dealkylation sites (tertiary alicyclic amines) is 2. The van der Waals surface area contributed by atoms with E-state index < -0.39 is 5.60 Å². The van der Waals surface area contributed by atoms with Gasteiger partial charge in [0.1, 0.15) is 11.4 Å². The molecule has 0 radical (unpaired) electrons. The number of nitrogens with one attached hydrogen (secondary N) is 1. The van der Waals surface area contributed by atoms with Crippen LogP contribution in [-0.2, 0) is 4.74 Å². The van der Waals surface area contributed by atoms with E-state index in [0.29, 0.717) is 23.3 Å². The number of hydrogen-bond donors (Lipinski definition) is 2. The van der Waals surface area contributed by atoms with Crippen LogP contribution < -0.4 is 10.2 Å². The molecule has 0 saturated carbocycles. The molecule has 2 N–H and O–H groups in total. The molecule has 0 aliphatic carbocycles. The first-order valence-corrected chi connectivity index (χ1v) is 15.3. The van der Waals surface area contributed by atoms with Crippen LogP contribution in [0.1, 0.15) is 46.5 Å². The lowest BCUT2D eigenvalue weighted by molar-refractivity contribution is 0.0111. The molecule has 0 bridgehead atoms. The Morgan fingerprint density at radius 2 is 1.76 bits per heavy atom. The Kier molecular flexibility index (Phi) is 7.96. The van der Waals surface area contributed by atoms with E-state index in [1.54, 1.807) is 6.07 Å². The Morgan fingerprint density at radius 1 is 1.00 bits per heavy atom. The third-order valence-corrected chi connectivity index (χ3v) is 9.13. The molecule has 4 aliphatic rings. The van der Waals surface area contributed by atoms with E-state index in [0.717, 1.165) is 82.6 Å². The molecule has 4 aliphatic heterocycles. The summed E-state index contributed by atoms with van der Waals surface area (Å²) in [5.41, 5.74) is 2.06. The highest BCUT2D eigenvalue weighted by Gasteiger charge is 2.35. The SMILES string of the molecule is CC(C)(C)OC(=O)N1CCC(N2CCC(CN3CCN4c5cc(-c6ccccc6O)nnc5NC[C@H]4C3)CC2)CC1. The Hall–Kier alpha value is -3.11. The maximum atomic E-state index is 12.4. The van der Waals surface area contributed by atoms with Gasteiger partial charge in [-0.15, -0.1) is 10.2 Å². The first-order chi connectivity index (χ1) is 19.7. The number of benzene rings is 1. The average Bonchev–Trinajstić information content (AvgIpc) is 2.96. The first kappa shape index (κ1) is 28.0. The zero-order chi connectivity index (χ0) is 28.6. The zero-order valence-corrected chi connectivity index (χ0v) is 24.8. The second-order valence-electron chi connectivity index (χ2n) is 13.1. The summed E-state index contributed by atoms with van der Waals surface area (Å²) < 4.78 is 5.57. The van der Waals surface area contributed by atoms with Gasteiger partial charge in [0.15, 0.2) is 5.82 Å². The van der Waals surface area contributed by atoms with Gasteiger partial charge >= 0.3 is 6.09 Å². The standard InChI is InChI=1S/C31H45N7O3/c1-31(2,3)41-30(40)37-14-10-23(11-15-37)36-12-8-22(9-13-36)20-35-16-17-38-24(21-35)19-32-29-27(38)18-26(33-34-29)25-6-4-5-7-28(25)39/h4-7,18,22-24,39H,8-17,19-21H2,1-3H3,(H,32,34)/t24-/m0/s1. The number of carbonyl (C=O) groups excluding carboxylic acids is 1. The highest BCUT2D eigenvalue weighted by Crippen LogP contribution is 2.36. The number of fused-ring (bicyclic) bond motifs is 3. The van der Waals surface area contributed by atoms with Crippen molar-refractivity contribution in [2.75, 3.05) is 69.1 Å². The molecule has 1 amide bonds. The molecule has 5 heterocycles. The van der Waals surface area contributed by atoms with Crippen LogP contribution in [0.25, 0.3) is 11.3 Å². The summed E-state index contributed by atoms with van der Waals surface area (Å²) in [7, 11) is 0.